The molecule has 2 aliphatic rings. The van der Waals surface area contributed by atoms with Crippen LogP contribution in [0.25, 0.3) is 0 Å². The molecule has 136 valence electrons. The van der Waals surface area contributed by atoms with E-state index in [1.165, 1.54) is 16.8 Å². The molecule has 2 atom stereocenters. The molecule has 2 unspecified atom stereocenters. The molecule has 2 aliphatic carbocycles. The molecule has 0 radical (unpaired) electrons. The van der Waals surface area contributed by atoms with E-state index < -0.39 is 41.1 Å². The molecule has 0 bridgehead atoms. The Morgan fingerprint density at radius 2 is 1.88 bits per heavy atom. The van der Waals surface area contributed by atoms with E-state index in [9.17, 15) is 23.2 Å². The molecule has 6 nitrogen and oxygen atoms in total. The number of carbonyl (C=O) groups excluding carboxylic acids is 1. The van der Waals surface area contributed by atoms with Gasteiger partial charge in [-0.05, 0) is 12.0 Å². The van der Waals surface area contributed by atoms with E-state index in [2.05, 4.69) is 5.32 Å². The molecule has 2 saturated carbocycles. The van der Waals surface area contributed by atoms with Crippen LogP contribution in [0, 0.1) is 5.41 Å². The van der Waals surface area contributed by atoms with Gasteiger partial charge in [0.1, 0.15) is 6.54 Å². The SMILES string of the molecule is O=C(Cn1c(=O)ccn(Cc2ccccc2)c1=O)NC1CC12CC2(F)F. The zero-order chi connectivity index (χ0) is 18.5. The molecule has 1 amide bonds. The van der Waals surface area contributed by atoms with E-state index in [4.69, 9.17) is 0 Å². The lowest BCUT2D eigenvalue weighted by molar-refractivity contribution is -0.122. The van der Waals surface area contributed by atoms with Crippen LogP contribution in [-0.4, -0.2) is 27.0 Å². The molecule has 1 aromatic heterocycles. The van der Waals surface area contributed by atoms with E-state index in [0.29, 0.717) is 0 Å². The third-order valence-corrected chi connectivity index (χ3v) is 5.19. The zero-order valence-corrected chi connectivity index (χ0v) is 13.8. The molecular weight excluding hydrogens is 344 g/mol. The summed E-state index contributed by atoms with van der Waals surface area (Å²) in [5, 5.41) is 2.51. The van der Waals surface area contributed by atoms with Gasteiger partial charge in [-0.1, -0.05) is 30.3 Å². The van der Waals surface area contributed by atoms with Gasteiger partial charge in [0.2, 0.25) is 5.91 Å². The highest BCUT2D eigenvalue weighted by molar-refractivity contribution is 5.77. The van der Waals surface area contributed by atoms with Crippen molar-refractivity contribution in [1.82, 2.24) is 14.5 Å². The summed E-state index contributed by atoms with van der Waals surface area (Å²) in [5.41, 5.74) is -1.42. The summed E-state index contributed by atoms with van der Waals surface area (Å²) in [4.78, 5) is 36.6. The number of hydrogen-bond acceptors (Lipinski definition) is 3. The van der Waals surface area contributed by atoms with Crippen molar-refractivity contribution in [1.29, 1.82) is 0 Å². The van der Waals surface area contributed by atoms with Crippen molar-refractivity contribution >= 4 is 5.91 Å². The first-order chi connectivity index (χ1) is 12.3. The van der Waals surface area contributed by atoms with Crippen molar-refractivity contribution in [2.45, 2.75) is 37.9 Å². The maximum Gasteiger partial charge on any atom is 0.331 e. The summed E-state index contributed by atoms with van der Waals surface area (Å²) in [6, 6.07) is 9.85. The van der Waals surface area contributed by atoms with Crippen LogP contribution in [0.2, 0.25) is 0 Å². The number of benzene rings is 1. The van der Waals surface area contributed by atoms with Crippen molar-refractivity contribution in [2.24, 2.45) is 5.41 Å². The van der Waals surface area contributed by atoms with Crippen LogP contribution in [0.3, 0.4) is 0 Å². The van der Waals surface area contributed by atoms with Gasteiger partial charge in [-0.2, -0.15) is 0 Å². The van der Waals surface area contributed by atoms with Crippen LogP contribution >= 0.6 is 0 Å². The fraction of sp³-hybridized carbons (Fsp3) is 0.389. The molecule has 26 heavy (non-hydrogen) atoms. The smallest absolute Gasteiger partial charge is 0.331 e. The number of nitrogens with zero attached hydrogens (tertiary/aromatic N) is 2. The standard InChI is InChI=1S/C18H17F2N3O3/c19-18(20)11-17(18)8-13(17)21-14(24)10-23-15(25)6-7-22(16(23)26)9-12-4-2-1-3-5-12/h1-7,13H,8-11H2,(H,21,24). The predicted octanol–water partition coefficient (Wildman–Crippen LogP) is 0.972. The third kappa shape index (κ3) is 2.75. The van der Waals surface area contributed by atoms with Gasteiger partial charge in [0, 0.05) is 24.7 Å². The second kappa shape index (κ2) is 5.62. The lowest BCUT2D eigenvalue weighted by Gasteiger charge is -2.10. The lowest BCUT2D eigenvalue weighted by Crippen LogP contribution is -2.43. The summed E-state index contributed by atoms with van der Waals surface area (Å²) in [5.74, 6) is -3.32. The van der Waals surface area contributed by atoms with E-state index >= 15 is 0 Å². The summed E-state index contributed by atoms with van der Waals surface area (Å²) >= 11 is 0. The first-order valence-corrected chi connectivity index (χ1v) is 8.34. The minimum Gasteiger partial charge on any atom is -0.351 e. The van der Waals surface area contributed by atoms with E-state index in [0.717, 1.165) is 10.1 Å². The summed E-state index contributed by atoms with van der Waals surface area (Å²) < 4.78 is 28.6. The molecule has 1 aromatic carbocycles. The van der Waals surface area contributed by atoms with Crippen LogP contribution in [0.1, 0.15) is 18.4 Å². The fourth-order valence-electron chi connectivity index (χ4n) is 3.43. The molecule has 4 rings (SSSR count). The topological polar surface area (TPSA) is 73.1 Å². The number of aromatic nitrogens is 2. The van der Waals surface area contributed by atoms with Crippen molar-refractivity contribution in [2.75, 3.05) is 0 Å². The minimum atomic E-state index is -2.71. The Hall–Kier alpha value is -2.77. The Morgan fingerprint density at radius 1 is 1.19 bits per heavy atom. The van der Waals surface area contributed by atoms with E-state index in [1.54, 1.807) is 0 Å². The number of alkyl halides is 2. The van der Waals surface area contributed by atoms with Crippen LogP contribution < -0.4 is 16.6 Å². The highest BCUT2D eigenvalue weighted by Crippen LogP contribution is 2.75. The van der Waals surface area contributed by atoms with Crippen molar-refractivity contribution in [3.8, 4) is 0 Å². The minimum absolute atomic E-state index is 0.208. The summed E-state index contributed by atoms with van der Waals surface area (Å²) in [6.07, 6.45) is 1.42. The first-order valence-electron chi connectivity index (χ1n) is 8.34. The molecule has 1 N–H and O–H groups in total. The second-order valence-corrected chi connectivity index (χ2v) is 7.00. The normalized spacial score (nSPS) is 25.1. The number of carbonyl (C=O) groups is 1. The van der Waals surface area contributed by atoms with Crippen molar-refractivity contribution in [3.63, 3.8) is 0 Å². The number of amides is 1. The maximum atomic E-state index is 13.2. The average molecular weight is 361 g/mol. The Balaban J connectivity index is 1.48. The molecule has 2 fully saturated rings. The third-order valence-electron chi connectivity index (χ3n) is 5.19. The molecule has 0 saturated heterocycles. The summed E-state index contributed by atoms with van der Waals surface area (Å²) in [6.45, 7) is -0.217. The average Bonchev–Trinajstić information content (AvgIpc) is 3.43. The second-order valence-electron chi connectivity index (χ2n) is 7.00. The molecule has 8 heteroatoms. The lowest BCUT2D eigenvalue weighted by atomic mass is 10.2. The maximum absolute atomic E-state index is 13.2. The van der Waals surface area contributed by atoms with Crippen LogP contribution in [0.15, 0.2) is 52.2 Å². The van der Waals surface area contributed by atoms with E-state index in [-0.39, 0.29) is 19.4 Å². The molecule has 1 spiro atoms. The van der Waals surface area contributed by atoms with Crippen LogP contribution in [0.4, 0.5) is 8.78 Å². The van der Waals surface area contributed by atoms with Crippen LogP contribution in [-0.2, 0) is 17.9 Å². The monoisotopic (exact) mass is 361 g/mol. The Bertz CT molecular complexity index is 983. The molecule has 1 heterocycles. The van der Waals surface area contributed by atoms with Crippen molar-refractivity contribution < 1.29 is 13.6 Å². The summed E-state index contributed by atoms with van der Waals surface area (Å²) in [7, 11) is 0. The molecule has 0 aliphatic heterocycles. The van der Waals surface area contributed by atoms with Gasteiger partial charge in [0.25, 0.3) is 11.5 Å². The number of halogens is 2. The Labute approximate surface area is 147 Å². The van der Waals surface area contributed by atoms with Gasteiger partial charge in [0.05, 0.1) is 12.0 Å². The van der Waals surface area contributed by atoms with Gasteiger partial charge in [0.15, 0.2) is 0 Å². The molecule has 2 aromatic rings. The zero-order valence-electron chi connectivity index (χ0n) is 13.8. The number of rotatable bonds is 5. The quantitative estimate of drug-likeness (QED) is 0.863. The largest absolute Gasteiger partial charge is 0.351 e. The van der Waals surface area contributed by atoms with Crippen LogP contribution in [0.5, 0.6) is 0 Å². The predicted molar refractivity (Wildman–Crippen MR) is 89.1 cm³/mol. The van der Waals surface area contributed by atoms with Gasteiger partial charge in [-0.3, -0.25) is 18.7 Å². The van der Waals surface area contributed by atoms with Crippen molar-refractivity contribution in [3.05, 3.63) is 69.0 Å². The van der Waals surface area contributed by atoms with E-state index in [1.807, 2.05) is 30.3 Å². The highest BCUT2D eigenvalue weighted by atomic mass is 19.3. The Morgan fingerprint density at radius 3 is 2.50 bits per heavy atom. The van der Waals surface area contributed by atoms with Gasteiger partial charge < -0.3 is 5.32 Å². The first kappa shape index (κ1) is 16.7. The fourth-order valence-corrected chi connectivity index (χ4v) is 3.43. The molecular formula is C18H17F2N3O3. The number of nitrogens with one attached hydrogen (secondary N) is 1. The van der Waals surface area contributed by atoms with Gasteiger partial charge in [-0.25, -0.2) is 13.6 Å². The number of hydrogen-bond donors (Lipinski definition) is 1. The van der Waals surface area contributed by atoms with Gasteiger partial charge in [-0.15, -0.1) is 0 Å². The Kier molecular flexibility index (Phi) is 3.61. The highest BCUT2D eigenvalue weighted by Gasteiger charge is 2.84. The van der Waals surface area contributed by atoms with Gasteiger partial charge >= 0.3 is 5.69 Å².